The van der Waals surface area contributed by atoms with E-state index in [0.717, 1.165) is 19.3 Å². The molecule has 0 heterocycles. The minimum atomic E-state index is -0.477. The summed E-state index contributed by atoms with van der Waals surface area (Å²) in [5, 5.41) is 10.2. The molecule has 2 aliphatic carbocycles. The Hall–Kier alpha value is -0.560. The maximum absolute atomic E-state index is 10.2. The van der Waals surface area contributed by atoms with Crippen molar-refractivity contribution >= 4 is 0 Å². The number of fused-ring (bicyclic) bond motifs is 1. The minimum Gasteiger partial charge on any atom is -0.385 e. The Morgan fingerprint density at radius 3 is 3.18 bits per heavy atom. The van der Waals surface area contributed by atoms with Crippen LogP contribution in [0.25, 0.3) is 0 Å². The second kappa shape index (κ2) is 2.21. The molecule has 2 rings (SSSR count). The Kier molecular flexibility index (Phi) is 1.43. The highest BCUT2D eigenvalue weighted by molar-refractivity contribution is 5.32. The van der Waals surface area contributed by atoms with Gasteiger partial charge in [0.1, 0.15) is 0 Å². The number of rotatable bonds is 0. The lowest BCUT2D eigenvalue weighted by Crippen LogP contribution is -2.35. The van der Waals surface area contributed by atoms with E-state index in [1.807, 2.05) is 0 Å². The number of hydrogen-bond acceptors (Lipinski definition) is 1. The Morgan fingerprint density at radius 1 is 1.64 bits per heavy atom. The van der Waals surface area contributed by atoms with Crippen molar-refractivity contribution in [1.82, 2.24) is 0 Å². The van der Waals surface area contributed by atoms with Crippen molar-refractivity contribution in [3.05, 3.63) is 23.8 Å². The predicted molar refractivity (Wildman–Crippen MR) is 45.2 cm³/mol. The first-order valence-electron chi connectivity index (χ1n) is 4.34. The molecule has 0 radical (unpaired) electrons. The van der Waals surface area contributed by atoms with E-state index >= 15 is 0 Å². The van der Waals surface area contributed by atoms with E-state index in [2.05, 4.69) is 25.2 Å². The lowest BCUT2D eigenvalue weighted by atomic mass is 9.81. The summed E-state index contributed by atoms with van der Waals surface area (Å²) in [7, 11) is 0. The van der Waals surface area contributed by atoms with Gasteiger partial charge in [0.25, 0.3) is 0 Å². The summed E-state index contributed by atoms with van der Waals surface area (Å²) in [6.07, 6.45) is 9.42. The quantitative estimate of drug-likeness (QED) is 0.560. The van der Waals surface area contributed by atoms with Gasteiger partial charge in [-0.05, 0) is 24.8 Å². The van der Waals surface area contributed by atoms with E-state index in [-0.39, 0.29) is 0 Å². The third-order valence-corrected chi connectivity index (χ3v) is 3.01. The third-order valence-electron chi connectivity index (χ3n) is 3.01. The van der Waals surface area contributed by atoms with Crippen LogP contribution in [0.4, 0.5) is 0 Å². The average Bonchev–Trinajstić information content (AvgIpc) is 2.34. The smallest absolute Gasteiger partial charge is 0.0919 e. The molecule has 1 N–H and O–H groups in total. The van der Waals surface area contributed by atoms with Crippen LogP contribution in [0.3, 0.4) is 0 Å². The van der Waals surface area contributed by atoms with Gasteiger partial charge in [-0.3, -0.25) is 0 Å². The van der Waals surface area contributed by atoms with E-state index in [9.17, 15) is 5.11 Å². The molecule has 11 heavy (non-hydrogen) atoms. The lowest BCUT2D eigenvalue weighted by Gasteiger charge is -2.31. The number of hydrogen-bond donors (Lipinski definition) is 1. The molecule has 0 amide bonds. The Bertz CT molecular complexity index is 227. The minimum absolute atomic E-state index is 0.310. The van der Waals surface area contributed by atoms with Crippen LogP contribution in [0.1, 0.15) is 26.2 Å². The summed E-state index contributed by atoms with van der Waals surface area (Å²) in [5.41, 5.74) is 0.766. The van der Waals surface area contributed by atoms with Crippen molar-refractivity contribution in [1.29, 1.82) is 0 Å². The molecule has 0 unspecified atom stereocenters. The fraction of sp³-hybridized carbons (Fsp3) is 0.600. The van der Waals surface area contributed by atoms with Gasteiger partial charge in [-0.2, -0.15) is 0 Å². The Balaban J connectivity index is 2.38. The number of aliphatic hydroxyl groups is 1. The molecule has 0 aromatic rings. The summed E-state index contributed by atoms with van der Waals surface area (Å²) in [6.45, 7) is 2.09. The Labute approximate surface area is 67.4 Å². The van der Waals surface area contributed by atoms with Gasteiger partial charge in [0, 0.05) is 5.92 Å². The topological polar surface area (TPSA) is 20.2 Å². The van der Waals surface area contributed by atoms with E-state index < -0.39 is 5.60 Å². The van der Waals surface area contributed by atoms with Crippen LogP contribution in [0.2, 0.25) is 0 Å². The van der Waals surface area contributed by atoms with Gasteiger partial charge in [0.2, 0.25) is 0 Å². The fourth-order valence-corrected chi connectivity index (χ4v) is 2.17. The van der Waals surface area contributed by atoms with Crippen LogP contribution < -0.4 is 0 Å². The van der Waals surface area contributed by atoms with Gasteiger partial charge < -0.3 is 5.11 Å². The van der Waals surface area contributed by atoms with E-state index in [1.54, 1.807) is 0 Å². The first-order chi connectivity index (χ1) is 5.23. The van der Waals surface area contributed by atoms with Crippen LogP contribution in [0.5, 0.6) is 0 Å². The van der Waals surface area contributed by atoms with E-state index in [0.29, 0.717) is 5.92 Å². The molecular weight excluding hydrogens is 136 g/mol. The van der Waals surface area contributed by atoms with Gasteiger partial charge in [-0.15, -0.1) is 0 Å². The molecule has 0 aromatic carbocycles. The molecule has 1 fully saturated rings. The molecule has 1 heteroatoms. The molecule has 1 saturated carbocycles. The van der Waals surface area contributed by atoms with Crippen molar-refractivity contribution < 1.29 is 5.11 Å². The van der Waals surface area contributed by atoms with Crippen LogP contribution in [-0.2, 0) is 0 Å². The van der Waals surface area contributed by atoms with Crippen molar-refractivity contribution in [2.45, 2.75) is 31.8 Å². The van der Waals surface area contributed by atoms with Gasteiger partial charge in [-0.1, -0.05) is 25.2 Å². The standard InChI is InChI=1S/C10H14O/c1-8-4-2-5-9-6-3-7-10(8,9)11/h2,4-5,8,11H,3,6-7H2,1H3/t8-,10+/m1/s1. The maximum Gasteiger partial charge on any atom is 0.0919 e. The summed E-state index contributed by atoms with van der Waals surface area (Å²) in [5.74, 6) is 0.310. The zero-order chi connectivity index (χ0) is 7.90. The van der Waals surface area contributed by atoms with Gasteiger partial charge in [0.15, 0.2) is 0 Å². The van der Waals surface area contributed by atoms with Crippen molar-refractivity contribution in [2.24, 2.45) is 5.92 Å². The Morgan fingerprint density at radius 2 is 2.45 bits per heavy atom. The normalized spacial score (nSPS) is 42.0. The molecule has 0 aliphatic heterocycles. The summed E-state index contributed by atoms with van der Waals surface area (Å²) < 4.78 is 0. The first kappa shape index (κ1) is 7.11. The average molecular weight is 150 g/mol. The van der Waals surface area contributed by atoms with Crippen molar-refractivity contribution in [2.75, 3.05) is 0 Å². The summed E-state index contributed by atoms with van der Waals surface area (Å²) in [4.78, 5) is 0. The van der Waals surface area contributed by atoms with Crippen LogP contribution in [0.15, 0.2) is 23.8 Å². The fourth-order valence-electron chi connectivity index (χ4n) is 2.17. The highest BCUT2D eigenvalue weighted by Crippen LogP contribution is 2.42. The SMILES string of the molecule is C[C@@H]1C=CC=C2CCC[C@@]21O. The molecular formula is C10H14O. The van der Waals surface area contributed by atoms with Crippen molar-refractivity contribution in [3.8, 4) is 0 Å². The zero-order valence-corrected chi connectivity index (χ0v) is 6.88. The van der Waals surface area contributed by atoms with Gasteiger partial charge in [0.05, 0.1) is 5.60 Å². The monoisotopic (exact) mass is 150 g/mol. The highest BCUT2D eigenvalue weighted by Gasteiger charge is 2.40. The second-order valence-corrected chi connectivity index (χ2v) is 3.64. The van der Waals surface area contributed by atoms with Crippen LogP contribution in [-0.4, -0.2) is 10.7 Å². The predicted octanol–water partition coefficient (Wildman–Crippen LogP) is 2.03. The molecule has 1 nitrogen and oxygen atoms in total. The first-order valence-corrected chi connectivity index (χ1v) is 4.34. The molecule has 2 atom stereocenters. The van der Waals surface area contributed by atoms with Gasteiger partial charge in [-0.25, -0.2) is 0 Å². The van der Waals surface area contributed by atoms with Crippen LogP contribution >= 0.6 is 0 Å². The van der Waals surface area contributed by atoms with E-state index in [4.69, 9.17) is 0 Å². The second-order valence-electron chi connectivity index (χ2n) is 3.64. The largest absolute Gasteiger partial charge is 0.385 e. The lowest BCUT2D eigenvalue weighted by molar-refractivity contribution is 0.0475. The molecule has 0 spiro atoms. The summed E-state index contributed by atoms with van der Waals surface area (Å²) >= 11 is 0. The molecule has 2 aliphatic rings. The van der Waals surface area contributed by atoms with Gasteiger partial charge >= 0.3 is 0 Å². The van der Waals surface area contributed by atoms with E-state index in [1.165, 1.54) is 5.57 Å². The summed E-state index contributed by atoms with van der Waals surface area (Å²) in [6, 6.07) is 0. The highest BCUT2D eigenvalue weighted by atomic mass is 16.3. The third kappa shape index (κ3) is 0.875. The molecule has 0 aromatic heterocycles. The van der Waals surface area contributed by atoms with Crippen molar-refractivity contribution in [3.63, 3.8) is 0 Å². The maximum atomic E-state index is 10.2. The van der Waals surface area contributed by atoms with Crippen LogP contribution in [0, 0.1) is 5.92 Å². The zero-order valence-electron chi connectivity index (χ0n) is 6.88. The molecule has 0 saturated heterocycles. The molecule has 0 bridgehead atoms. The molecule has 60 valence electrons. The number of allylic oxidation sites excluding steroid dienone is 2.